The van der Waals surface area contributed by atoms with Crippen LogP contribution in [0.15, 0.2) is 53.1 Å². The number of aliphatic carboxylic acids is 1. The van der Waals surface area contributed by atoms with Gasteiger partial charge in [-0.2, -0.15) is 18.2 Å². The monoisotopic (exact) mass is 451 g/mol. The minimum atomic E-state index is -4.61. The molecule has 1 amide bonds. The summed E-state index contributed by atoms with van der Waals surface area (Å²) in [4.78, 5) is 27.5. The van der Waals surface area contributed by atoms with Gasteiger partial charge >= 0.3 is 12.1 Å². The number of alkyl halides is 3. The summed E-state index contributed by atoms with van der Waals surface area (Å²) in [6.07, 6.45) is -5.45. The zero-order valence-corrected chi connectivity index (χ0v) is 16.4. The Morgan fingerprint density at radius 3 is 2.56 bits per heavy atom. The van der Waals surface area contributed by atoms with Crippen LogP contribution in [0.5, 0.6) is 0 Å². The molecule has 0 bridgehead atoms. The molecule has 7 nitrogen and oxygen atoms in total. The number of carboxylic acid groups (broad SMARTS) is 1. The standard InChI is InChI=1S/C21H17F4N3O4/c22-15-7-2-1-6-14(15)20-27-18(32-28-20)9-8-17(29)26-16(11-19(30)31)12-4-3-5-13(10-12)21(23,24)25/h1-7,10,16H,8-9,11H2,(H,26,29)(H,30,31)/t16-/m0/s1. The fraction of sp³-hybridized carbons (Fsp3) is 0.238. The molecule has 0 radical (unpaired) electrons. The first-order chi connectivity index (χ1) is 15.1. The second-order valence-corrected chi connectivity index (χ2v) is 6.83. The Bertz CT molecular complexity index is 1110. The van der Waals surface area contributed by atoms with Crippen molar-refractivity contribution in [3.63, 3.8) is 0 Å². The molecule has 0 saturated carbocycles. The van der Waals surface area contributed by atoms with Gasteiger partial charge in [-0.3, -0.25) is 9.59 Å². The molecule has 32 heavy (non-hydrogen) atoms. The summed E-state index contributed by atoms with van der Waals surface area (Å²) < 4.78 is 57.7. The molecule has 1 atom stereocenters. The molecule has 168 valence electrons. The van der Waals surface area contributed by atoms with Crippen molar-refractivity contribution in [3.8, 4) is 11.4 Å². The maximum atomic E-state index is 13.8. The number of hydrogen-bond donors (Lipinski definition) is 2. The molecule has 0 unspecified atom stereocenters. The van der Waals surface area contributed by atoms with Crippen LogP contribution in [-0.2, 0) is 22.2 Å². The minimum Gasteiger partial charge on any atom is -0.481 e. The molecular formula is C21H17F4N3O4. The average molecular weight is 451 g/mol. The topological polar surface area (TPSA) is 105 Å². The Morgan fingerprint density at radius 2 is 1.88 bits per heavy atom. The van der Waals surface area contributed by atoms with Crippen molar-refractivity contribution in [2.24, 2.45) is 0 Å². The van der Waals surface area contributed by atoms with Gasteiger partial charge in [0.25, 0.3) is 0 Å². The van der Waals surface area contributed by atoms with Crippen molar-refractivity contribution in [2.75, 3.05) is 0 Å². The summed E-state index contributed by atoms with van der Waals surface area (Å²) in [5.41, 5.74) is -0.820. The lowest BCUT2D eigenvalue weighted by Gasteiger charge is -2.18. The van der Waals surface area contributed by atoms with E-state index in [0.717, 1.165) is 18.2 Å². The van der Waals surface area contributed by atoms with Crippen molar-refractivity contribution in [1.29, 1.82) is 0 Å². The van der Waals surface area contributed by atoms with Crippen LogP contribution in [0, 0.1) is 5.82 Å². The number of carboxylic acids is 1. The Morgan fingerprint density at radius 1 is 1.12 bits per heavy atom. The van der Waals surface area contributed by atoms with Crippen molar-refractivity contribution in [1.82, 2.24) is 15.5 Å². The van der Waals surface area contributed by atoms with Gasteiger partial charge in [0.2, 0.25) is 17.6 Å². The molecule has 0 aliphatic carbocycles. The Labute approximate surface area is 179 Å². The van der Waals surface area contributed by atoms with Crippen LogP contribution in [0.3, 0.4) is 0 Å². The first-order valence-corrected chi connectivity index (χ1v) is 9.39. The summed E-state index contributed by atoms with van der Waals surface area (Å²) in [7, 11) is 0. The zero-order valence-electron chi connectivity index (χ0n) is 16.4. The number of carbonyl (C=O) groups is 2. The number of hydrogen-bond acceptors (Lipinski definition) is 5. The van der Waals surface area contributed by atoms with Crippen molar-refractivity contribution in [2.45, 2.75) is 31.5 Å². The van der Waals surface area contributed by atoms with Gasteiger partial charge in [-0.15, -0.1) is 0 Å². The minimum absolute atomic E-state index is 0.00577. The van der Waals surface area contributed by atoms with Gasteiger partial charge in [0.1, 0.15) is 5.82 Å². The van der Waals surface area contributed by atoms with E-state index in [-0.39, 0.29) is 35.7 Å². The highest BCUT2D eigenvalue weighted by atomic mass is 19.4. The highest BCUT2D eigenvalue weighted by Gasteiger charge is 2.31. The first kappa shape index (κ1) is 22.9. The second-order valence-electron chi connectivity index (χ2n) is 6.83. The van der Waals surface area contributed by atoms with Gasteiger partial charge in [-0.05, 0) is 29.8 Å². The van der Waals surface area contributed by atoms with Crippen LogP contribution in [0.4, 0.5) is 17.6 Å². The molecular weight excluding hydrogens is 434 g/mol. The highest BCUT2D eigenvalue weighted by Crippen LogP contribution is 2.31. The third kappa shape index (κ3) is 5.90. The van der Waals surface area contributed by atoms with E-state index in [1.54, 1.807) is 6.07 Å². The second kappa shape index (κ2) is 9.58. The first-order valence-electron chi connectivity index (χ1n) is 9.39. The largest absolute Gasteiger partial charge is 0.481 e. The predicted octanol–water partition coefficient (Wildman–Crippen LogP) is 4.16. The number of carbonyl (C=O) groups excluding carboxylic acids is 1. The lowest BCUT2D eigenvalue weighted by Crippen LogP contribution is -2.30. The predicted molar refractivity (Wildman–Crippen MR) is 103 cm³/mol. The summed E-state index contributed by atoms with van der Waals surface area (Å²) >= 11 is 0. The van der Waals surface area contributed by atoms with Crippen molar-refractivity contribution < 1.29 is 36.8 Å². The molecule has 1 heterocycles. The van der Waals surface area contributed by atoms with E-state index in [1.807, 2.05) is 0 Å². The average Bonchev–Trinajstić information content (AvgIpc) is 3.20. The van der Waals surface area contributed by atoms with E-state index in [0.29, 0.717) is 0 Å². The van der Waals surface area contributed by atoms with E-state index in [4.69, 9.17) is 9.63 Å². The summed E-state index contributed by atoms with van der Waals surface area (Å²) in [6, 6.07) is 8.72. The van der Waals surface area contributed by atoms with Crippen LogP contribution in [-0.4, -0.2) is 27.1 Å². The number of amides is 1. The Kier molecular flexibility index (Phi) is 6.86. The van der Waals surface area contributed by atoms with Gasteiger partial charge < -0.3 is 14.9 Å². The van der Waals surface area contributed by atoms with E-state index in [2.05, 4.69) is 15.5 Å². The molecule has 3 rings (SSSR count). The molecule has 3 aromatic rings. The number of aromatic nitrogens is 2. The number of nitrogens with zero attached hydrogens (tertiary/aromatic N) is 2. The third-order valence-electron chi connectivity index (χ3n) is 4.48. The smallest absolute Gasteiger partial charge is 0.416 e. The van der Waals surface area contributed by atoms with Crippen LogP contribution >= 0.6 is 0 Å². The van der Waals surface area contributed by atoms with Crippen LogP contribution in [0.2, 0.25) is 0 Å². The van der Waals surface area contributed by atoms with Crippen molar-refractivity contribution in [3.05, 3.63) is 71.4 Å². The van der Waals surface area contributed by atoms with Gasteiger partial charge in [-0.25, -0.2) is 4.39 Å². The van der Waals surface area contributed by atoms with E-state index in [1.165, 1.54) is 24.3 Å². The lowest BCUT2D eigenvalue weighted by molar-refractivity contribution is -0.138. The van der Waals surface area contributed by atoms with E-state index < -0.39 is 41.9 Å². The normalized spacial score (nSPS) is 12.4. The van der Waals surface area contributed by atoms with Gasteiger partial charge in [-0.1, -0.05) is 29.4 Å². The molecule has 0 aliphatic heterocycles. The quantitative estimate of drug-likeness (QED) is 0.499. The summed E-state index contributed by atoms with van der Waals surface area (Å²) in [5.74, 6) is -2.41. The zero-order chi connectivity index (χ0) is 23.3. The number of nitrogens with one attached hydrogen (secondary N) is 1. The molecule has 0 spiro atoms. The summed E-state index contributed by atoms with van der Waals surface area (Å²) in [5, 5.41) is 15.2. The highest BCUT2D eigenvalue weighted by molar-refractivity contribution is 5.78. The van der Waals surface area contributed by atoms with E-state index in [9.17, 15) is 27.2 Å². The van der Waals surface area contributed by atoms with Gasteiger partial charge in [0.05, 0.1) is 23.6 Å². The number of benzene rings is 2. The van der Waals surface area contributed by atoms with E-state index >= 15 is 0 Å². The molecule has 0 aliphatic rings. The Balaban J connectivity index is 1.67. The number of rotatable bonds is 8. The maximum Gasteiger partial charge on any atom is 0.416 e. The molecule has 1 aromatic heterocycles. The molecule has 11 heteroatoms. The van der Waals surface area contributed by atoms with Gasteiger partial charge in [0.15, 0.2) is 0 Å². The van der Waals surface area contributed by atoms with Crippen LogP contribution in [0.1, 0.15) is 35.9 Å². The van der Waals surface area contributed by atoms with Gasteiger partial charge in [0, 0.05) is 12.8 Å². The van der Waals surface area contributed by atoms with Crippen molar-refractivity contribution >= 4 is 11.9 Å². The van der Waals surface area contributed by atoms with Crippen LogP contribution < -0.4 is 5.32 Å². The SMILES string of the molecule is O=C(O)C[C@H](NC(=O)CCc1nc(-c2ccccc2F)no1)c1cccc(C(F)(F)F)c1. The third-order valence-corrected chi connectivity index (χ3v) is 4.48. The summed E-state index contributed by atoms with van der Waals surface area (Å²) in [6.45, 7) is 0. The maximum absolute atomic E-state index is 13.8. The fourth-order valence-electron chi connectivity index (χ4n) is 2.95. The molecule has 2 aromatic carbocycles. The molecule has 0 saturated heterocycles. The number of halogens is 4. The molecule has 0 fully saturated rings. The number of aryl methyl sites for hydroxylation is 1. The Hall–Kier alpha value is -3.76. The molecule has 2 N–H and O–H groups in total. The fourth-order valence-corrected chi connectivity index (χ4v) is 2.95. The lowest BCUT2D eigenvalue weighted by atomic mass is 10.0. The van der Waals surface area contributed by atoms with Crippen LogP contribution in [0.25, 0.3) is 11.4 Å².